The van der Waals surface area contributed by atoms with E-state index in [9.17, 15) is 0 Å². The standard InChI is InChI=1S/C27H33N5O/c1-2-28-26(30-19-25-29-16-17-32(25)20-21-10-4-3-5-11-21)31-23-18-27(14-8-9-15-27)33-24-13-7-6-12-22(23)24/h3-7,10-13,16-17,23H,2,8-9,14-15,18-20H2,1H3,(H2,28,30,31). The highest BCUT2D eigenvalue weighted by Crippen LogP contribution is 2.46. The van der Waals surface area contributed by atoms with Crippen molar-refractivity contribution in [2.24, 2.45) is 4.99 Å². The zero-order chi connectivity index (χ0) is 22.5. The molecule has 0 amide bonds. The Kier molecular flexibility index (Phi) is 6.33. The largest absolute Gasteiger partial charge is 0.487 e. The summed E-state index contributed by atoms with van der Waals surface area (Å²) in [5.41, 5.74) is 2.42. The number of para-hydroxylation sites is 1. The predicted octanol–water partition coefficient (Wildman–Crippen LogP) is 4.82. The number of guanidine groups is 1. The summed E-state index contributed by atoms with van der Waals surface area (Å²) in [5.74, 6) is 2.79. The number of benzene rings is 2. The summed E-state index contributed by atoms with van der Waals surface area (Å²) < 4.78 is 8.70. The quantitative estimate of drug-likeness (QED) is 0.423. The van der Waals surface area contributed by atoms with Crippen LogP contribution in [0.25, 0.3) is 0 Å². The molecular weight excluding hydrogens is 410 g/mol. The van der Waals surface area contributed by atoms with E-state index >= 15 is 0 Å². The van der Waals surface area contributed by atoms with Gasteiger partial charge in [-0.15, -0.1) is 0 Å². The Hall–Kier alpha value is -3.28. The van der Waals surface area contributed by atoms with Gasteiger partial charge in [-0.1, -0.05) is 48.5 Å². The van der Waals surface area contributed by atoms with Gasteiger partial charge < -0.3 is 19.9 Å². The maximum atomic E-state index is 6.53. The molecule has 1 fully saturated rings. The minimum atomic E-state index is -0.0463. The molecule has 0 saturated heterocycles. The lowest BCUT2D eigenvalue weighted by atomic mass is 9.86. The third-order valence-electron chi connectivity index (χ3n) is 6.74. The Morgan fingerprint density at radius 3 is 2.73 bits per heavy atom. The topological polar surface area (TPSA) is 63.5 Å². The number of hydrogen-bond acceptors (Lipinski definition) is 3. The van der Waals surface area contributed by atoms with Gasteiger partial charge in [0.15, 0.2) is 5.96 Å². The fourth-order valence-electron chi connectivity index (χ4n) is 5.12. The number of imidazole rings is 1. The molecule has 2 aliphatic rings. The lowest BCUT2D eigenvalue weighted by Crippen LogP contribution is -2.46. The van der Waals surface area contributed by atoms with Crippen molar-refractivity contribution < 1.29 is 4.74 Å². The first-order valence-electron chi connectivity index (χ1n) is 12.1. The summed E-state index contributed by atoms with van der Waals surface area (Å²) in [6, 6.07) is 19.1. The van der Waals surface area contributed by atoms with Crippen molar-refractivity contribution in [3.63, 3.8) is 0 Å². The second-order valence-electron chi connectivity index (χ2n) is 9.08. The van der Waals surface area contributed by atoms with E-state index < -0.39 is 0 Å². The van der Waals surface area contributed by atoms with Crippen molar-refractivity contribution >= 4 is 5.96 Å². The van der Waals surface area contributed by atoms with Gasteiger partial charge >= 0.3 is 0 Å². The Balaban J connectivity index is 1.34. The van der Waals surface area contributed by atoms with Crippen LogP contribution in [0.2, 0.25) is 0 Å². The van der Waals surface area contributed by atoms with Crippen LogP contribution in [-0.4, -0.2) is 27.7 Å². The summed E-state index contributed by atoms with van der Waals surface area (Å²) in [7, 11) is 0. The molecule has 1 aromatic heterocycles. The van der Waals surface area contributed by atoms with Crippen LogP contribution in [0.4, 0.5) is 0 Å². The molecule has 172 valence electrons. The van der Waals surface area contributed by atoms with Crippen molar-refractivity contribution in [2.75, 3.05) is 6.54 Å². The fourth-order valence-corrected chi connectivity index (χ4v) is 5.12. The molecule has 2 N–H and O–H groups in total. The normalized spacial score (nSPS) is 19.2. The van der Waals surface area contributed by atoms with Crippen LogP contribution >= 0.6 is 0 Å². The predicted molar refractivity (Wildman–Crippen MR) is 131 cm³/mol. The number of aromatic nitrogens is 2. The van der Waals surface area contributed by atoms with Crippen LogP contribution in [0.15, 0.2) is 72.0 Å². The number of hydrogen-bond donors (Lipinski definition) is 2. The maximum Gasteiger partial charge on any atom is 0.192 e. The molecule has 1 atom stereocenters. The van der Waals surface area contributed by atoms with Crippen LogP contribution in [0.5, 0.6) is 5.75 Å². The van der Waals surface area contributed by atoms with Crippen LogP contribution < -0.4 is 15.4 Å². The van der Waals surface area contributed by atoms with Gasteiger partial charge in [0.25, 0.3) is 0 Å². The molecule has 1 aliphatic heterocycles. The molecule has 1 spiro atoms. The third-order valence-corrected chi connectivity index (χ3v) is 6.74. The number of nitrogens with one attached hydrogen (secondary N) is 2. The molecule has 1 aliphatic carbocycles. The average Bonchev–Trinajstić information content (AvgIpc) is 3.47. The van der Waals surface area contributed by atoms with Gasteiger partial charge in [0.1, 0.15) is 23.7 Å². The third kappa shape index (κ3) is 4.90. The molecule has 0 bridgehead atoms. The van der Waals surface area contributed by atoms with E-state index in [2.05, 4.69) is 75.6 Å². The van der Waals surface area contributed by atoms with Crippen LogP contribution in [0.3, 0.4) is 0 Å². The highest BCUT2D eigenvalue weighted by Gasteiger charge is 2.43. The molecule has 3 aromatic rings. The van der Waals surface area contributed by atoms with Gasteiger partial charge in [-0.3, -0.25) is 0 Å². The molecule has 33 heavy (non-hydrogen) atoms. The summed E-state index contributed by atoms with van der Waals surface area (Å²) in [4.78, 5) is 9.48. The second-order valence-corrected chi connectivity index (χ2v) is 9.08. The number of rotatable bonds is 6. The van der Waals surface area contributed by atoms with Gasteiger partial charge in [0.2, 0.25) is 0 Å². The summed E-state index contributed by atoms with van der Waals surface area (Å²) in [6.45, 7) is 4.22. The van der Waals surface area contributed by atoms with Crippen LogP contribution in [-0.2, 0) is 13.1 Å². The molecule has 2 heterocycles. The van der Waals surface area contributed by atoms with Crippen molar-refractivity contribution in [2.45, 2.75) is 63.8 Å². The molecule has 5 rings (SSSR count). The molecule has 2 aromatic carbocycles. The van der Waals surface area contributed by atoms with E-state index in [1.807, 2.05) is 18.5 Å². The smallest absolute Gasteiger partial charge is 0.192 e. The number of nitrogens with zero attached hydrogens (tertiary/aromatic N) is 3. The van der Waals surface area contributed by atoms with E-state index in [1.54, 1.807) is 0 Å². The van der Waals surface area contributed by atoms with Crippen molar-refractivity contribution in [1.29, 1.82) is 0 Å². The summed E-state index contributed by atoms with van der Waals surface area (Å²) in [5, 5.41) is 7.15. The monoisotopic (exact) mass is 443 g/mol. The molecule has 6 heteroatoms. The lowest BCUT2D eigenvalue weighted by Gasteiger charge is -2.40. The first-order chi connectivity index (χ1) is 16.2. The molecule has 1 saturated carbocycles. The first-order valence-corrected chi connectivity index (χ1v) is 12.1. The molecule has 0 radical (unpaired) electrons. The minimum Gasteiger partial charge on any atom is -0.487 e. The Labute approximate surface area is 196 Å². The van der Waals surface area contributed by atoms with Gasteiger partial charge in [-0.2, -0.15) is 0 Å². The van der Waals surface area contributed by atoms with Gasteiger partial charge in [-0.05, 0) is 44.2 Å². The van der Waals surface area contributed by atoms with Crippen molar-refractivity contribution in [3.8, 4) is 5.75 Å². The first kappa shape index (κ1) is 21.6. The average molecular weight is 444 g/mol. The molecular formula is C27H33N5O. The van der Waals surface area contributed by atoms with E-state index in [1.165, 1.54) is 24.0 Å². The molecule has 6 nitrogen and oxygen atoms in total. The van der Waals surface area contributed by atoms with Crippen molar-refractivity contribution in [3.05, 3.63) is 83.9 Å². The SMILES string of the molecule is CCNC(=NCc1nccn1Cc1ccccc1)NC1CC2(CCCC2)Oc2ccccc21. The van der Waals surface area contributed by atoms with Gasteiger partial charge in [0.05, 0.1) is 6.04 Å². The fraction of sp³-hybridized carbons (Fsp3) is 0.407. The van der Waals surface area contributed by atoms with Crippen LogP contribution in [0, 0.1) is 0 Å². The van der Waals surface area contributed by atoms with E-state index in [-0.39, 0.29) is 11.6 Å². The summed E-state index contributed by atoms with van der Waals surface area (Å²) in [6.07, 6.45) is 9.59. The minimum absolute atomic E-state index is 0.0463. The maximum absolute atomic E-state index is 6.53. The van der Waals surface area contributed by atoms with E-state index in [0.29, 0.717) is 6.54 Å². The number of aliphatic imine (C=N–C) groups is 1. The highest BCUT2D eigenvalue weighted by molar-refractivity contribution is 5.80. The Morgan fingerprint density at radius 1 is 1.12 bits per heavy atom. The number of fused-ring (bicyclic) bond motifs is 1. The van der Waals surface area contributed by atoms with Gasteiger partial charge in [-0.25, -0.2) is 9.98 Å². The Bertz CT molecular complexity index is 1080. The zero-order valence-corrected chi connectivity index (χ0v) is 19.3. The second kappa shape index (κ2) is 9.69. The van der Waals surface area contributed by atoms with E-state index in [0.717, 1.165) is 49.9 Å². The molecule has 1 unspecified atom stereocenters. The van der Waals surface area contributed by atoms with Crippen molar-refractivity contribution in [1.82, 2.24) is 20.2 Å². The zero-order valence-electron chi connectivity index (χ0n) is 19.3. The van der Waals surface area contributed by atoms with Crippen LogP contribution in [0.1, 0.15) is 62.0 Å². The van der Waals surface area contributed by atoms with E-state index in [4.69, 9.17) is 9.73 Å². The van der Waals surface area contributed by atoms with Gasteiger partial charge in [0, 0.05) is 37.5 Å². The number of ether oxygens (including phenoxy) is 1. The highest BCUT2D eigenvalue weighted by atomic mass is 16.5. The Morgan fingerprint density at radius 2 is 1.91 bits per heavy atom. The summed E-state index contributed by atoms with van der Waals surface area (Å²) >= 11 is 0. The lowest BCUT2D eigenvalue weighted by molar-refractivity contribution is 0.0396.